The summed E-state index contributed by atoms with van der Waals surface area (Å²) in [6.45, 7) is 9.76. The molecule has 41 heavy (non-hydrogen) atoms. The Morgan fingerprint density at radius 3 is 2.22 bits per heavy atom. The number of carbonyl (C=O) groups is 1. The largest absolute Gasteiger partial charge is 0.492 e. The van der Waals surface area contributed by atoms with E-state index in [0.29, 0.717) is 36.1 Å². The molecule has 0 unspecified atom stereocenters. The summed E-state index contributed by atoms with van der Waals surface area (Å²) in [6.07, 6.45) is 0. The van der Waals surface area contributed by atoms with Crippen molar-refractivity contribution >= 4 is 55.0 Å². The summed E-state index contributed by atoms with van der Waals surface area (Å²) in [7, 11) is -2.17. The maximum atomic E-state index is 13.8. The Bertz CT molecular complexity index is 1530. The normalized spacial score (nSPS) is 11.6. The summed E-state index contributed by atoms with van der Waals surface area (Å²) >= 11 is 1.44. The summed E-state index contributed by atoms with van der Waals surface area (Å²) in [4.78, 5) is 22.7. The van der Waals surface area contributed by atoms with E-state index in [1.54, 1.807) is 24.1 Å². The van der Waals surface area contributed by atoms with Crippen molar-refractivity contribution < 1.29 is 17.9 Å². The van der Waals surface area contributed by atoms with Crippen LogP contribution in [-0.2, 0) is 16.6 Å². The first-order chi connectivity index (χ1) is 19.3. The van der Waals surface area contributed by atoms with E-state index in [4.69, 9.17) is 9.72 Å². The molecule has 0 spiro atoms. The molecule has 3 aromatic carbocycles. The molecule has 0 aliphatic carbocycles. The van der Waals surface area contributed by atoms with Crippen LogP contribution in [0.25, 0.3) is 10.2 Å². The zero-order valence-electron chi connectivity index (χ0n) is 23.8. The molecule has 0 N–H and O–H groups in total. The number of amides is 1. The summed E-state index contributed by atoms with van der Waals surface area (Å²) in [6, 6.07) is 21.4. The molecule has 0 radical (unpaired) electrons. The van der Waals surface area contributed by atoms with Crippen LogP contribution in [0.5, 0.6) is 5.75 Å². The number of hydrogen-bond acceptors (Lipinski definition) is 7. The molecule has 0 atom stereocenters. The summed E-state index contributed by atoms with van der Waals surface area (Å²) in [5.74, 6) is 0.457. The Morgan fingerprint density at radius 1 is 0.902 bits per heavy atom. The van der Waals surface area contributed by atoms with Gasteiger partial charge in [0.1, 0.15) is 11.3 Å². The van der Waals surface area contributed by atoms with Crippen LogP contribution in [0.2, 0.25) is 0 Å². The number of aromatic nitrogens is 1. The quantitative estimate of drug-likeness (QED) is 0.185. The van der Waals surface area contributed by atoms with Gasteiger partial charge in [-0.25, -0.2) is 13.4 Å². The highest BCUT2D eigenvalue weighted by atomic mass is 35.5. The average Bonchev–Trinajstić information content (AvgIpc) is 3.41. The molecular weight excluding hydrogens is 580 g/mol. The Balaban J connectivity index is 0.00000462. The highest BCUT2D eigenvalue weighted by Crippen LogP contribution is 2.35. The third-order valence-corrected chi connectivity index (χ3v) is 9.60. The van der Waals surface area contributed by atoms with Crippen molar-refractivity contribution in [1.82, 2.24) is 14.2 Å². The van der Waals surface area contributed by atoms with Gasteiger partial charge < -0.3 is 9.64 Å². The van der Waals surface area contributed by atoms with E-state index in [-0.39, 0.29) is 29.8 Å². The molecular formula is C30H37ClN4O4S2. The first-order valence-electron chi connectivity index (χ1n) is 13.4. The molecule has 0 fully saturated rings. The average molecular weight is 617 g/mol. The maximum Gasteiger partial charge on any atom is 0.260 e. The first-order valence-corrected chi connectivity index (χ1v) is 15.7. The van der Waals surface area contributed by atoms with Crippen LogP contribution in [0.3, 0.4) is 0 Å². The molecule has 11 heteroatoms. The summed E-state index contributed by atoms with van der Waals surface area (Å²) in [5, 5.41) is 0.582. The molecule has 0 aliphatic heterocycles. The van der Waals surface area contributed by atoms with E-state index in [2.05, 4.69) is 18.7 Å². The van der Waals surface area contributed by atoms with Crippen LogP contribution in [0.15, 0.2) is 77.7 Å². The number of fused-ring (bicyclic) bond motifs is 1. The minimum Gasteiger partial charge on any atom is -0.492 e. The van der Waals surface area contributed by atoms with E-state index in [9.17, 15) is 13.2 Å². The second-order valence-corrected chi connectivity index (χ2v) is 12.3. The van der Waals surface area contributed by atoms with Gasteiger partial charge in [-0.3, -0.25) is 9.69 Å². The molecule has 1 amide bonds. The number of sulfonamides is 1. The standard InChI is InChI=1S/C30H36N4O4S2.ClH/c1-5-33(6-2)20-21-34(30-31-28-26(38-7-3)14-11-15-27(28)39-30)29(35)24-16-18-25(19-17-24)40(36,37)32(4)22-23-12-9-8-10-13-23;/h8-19H,5-7,20-22H2,1-4H3;1H. The number of nitrogens with zero attached hydrogens (tertiary/aromatic N) is 4. The molecule has 1 aromatic heterocycles. The second-order valence-electron chi connectivity index (χ2n) is 9.29. The van der Waals surface area contributed by atoms with Crippen molar-refractivity contribution in [3.63, 3.8) is 0 Å². The van der Waals surface area contributed by atoms with E-state index >= 15 is 0 Å². The zero-order valence-corrected chi connectivity index (χ0v) is 26.3. The van der Waals surface area contributed by atoms with Gasteiger partial charge in [0.2, 0.25) is 10.0 Å². The van der Waals surface area contributed by atoms with Crippen LogP contribution >= 0.6 is 23.7 Å². The number of para-hydroxylation sites is 1. The number of likely N-dealkylation sites (N-methyl/N-ethyl adjacent to an activating group) is 1. The van der Waals surface area contributed by atoms with Gasteiger partial charge in [-0.2, -0.15) is 4.31 Å². The van der Waals surface area contributed by atoms with Gasteiger partial charge in [-0.05, 0) is 62.0 Å². The van der Waals surface area contributed by atoms with Crippen LogP contribution in [-0.4, -0.2) is 68.3 Å². The van der Waals surface area contributed by atoms with Crippen LogP contribution in [0.1, 0.15) is 36.7 Å². The number of benzene rings is 3. The fourth-order valence-electron chi connectivity index (χ4n) is 4.40. The zero-order chi connectivity index (χ0) is 28.7. The highest BCUT2D eigenvalue weighted by Gasteiger charge is 2.25. The molecule has 220 valence electrons. The number of carbonyl (C=O) groups excluding carboxylic acids is 1. The minimum absolute atomic E-state index is 0. The molecule has 4 rings (SSSR count). The molecule has 1 heterocycles. The van der Waals surface area contributed by atoms with Crippen molar-refractivity contribution in [2.24, 2.45) is 0 Å². The van der Waals surface area contributed by atoms with Crippen LogP contribution < -0.4 is 9.64 Å². The Kier molecular flexibility index (Phi) is 11.7. The van der Waals surface area contributed by atoms with Crippen LogP contribution in [0.4, 0.5) is 5.13 Å². The molecule has 4 aromatic rings. The van der Waals surface area contributed by atoms with Crippen molar-refractivity contribution in [1.29, 1.82) is 0 Å². The number of ether oxygens (including phenoxy) is 1. The van der Waals surface area contributed by atoms with Crippen LogP contribution in [0, 0.1) is 0 Å². The Labute approximate surface area is 253 Å². The Morgan fingerprint density at radius 2 is 1.59 bits per heavy atom. The lowest BCUT2D eigenvalue weighted by molar-refractivity contribution is 0.0983. The lowest BCUT2D eigenvalue weighted by Gasteiger charge is -2.25. The van der Waals surface area contributed by atoms with Crippen molar-refractivity contribution in [3.8, 4) is 5.75 Å². The topological polar surface area (TPSA) is 83.0 Å². The number of rotatable bonds is 13. The fraction of sp³-hybridized carbons (Fsp3) is 0.333. The lowest BCUT2D eigenvalue weighted by atomic mass is 10.2. The van der Waals surface area contributed by atoms with Crippen molar-refractivity contribution in [3.05, 3.63) is 83.9 Å². The third kappa shape index (κ3) is 7.64. The van der Waals surface area contributed by atoms with Gasteiger partial charge in [-0.15, -0.1) is 12.4 Å². The fourth-order valence-corrected chi connectivity index (χ4v) is 6.56. The number of anilines is 1. The summed E-state index contributed by atoms with van der Waals surface area (Å²) < 4.78 is 34.4. The summed E-state index contributed by atoms with van der Waals surface area (Å²) in [5.41, 5.74) is 2.02. The Hall–Kier alpha value is -3.02. The van der Waals surface area contributed by atoms with Gasteiger partial charge in [0.05, 0.1) is 16.2 Å². The molecule has 0 saturated heterocycles. The predicted molar refractivity (Wildman–Crippen MR) is 169 cm³/mol. The molecule has 0 saturated carbocycles. The molecule has 8 nitrogen and oxygen atoms in total. The predicted octanol–water partition coefficient (Wildman–Crippen LogP) is 5.93. The van der Waals surface area contributed by atoms with Gasteiger partial charge in [0.25, 0.3) is 5.91 Å². The first kappa shape index (κ1) is 32.5. The van der Waals surface area contributed by atoms with Crippen molar-refractivity contribution in [2.45, 2.75) is 32.2 Å². The van der Waals surface area contributed by atoms with E-state index < -0.39 is 10.0 Å². The third-order valence-electron chi connectivity index (χ3n) is 6.74. The van der Waals surface area contributed by atoms with Gasteiger partial charge >= 0.3 is 0 Å². The van der Waals surface area contributed by atoms with Gasteiger partial charge in [-0.1, -0.05) is 61.6 Å². The molecule has 0 bridgehead atoms. The number of halogens is 1. The van der Waals surface area contributed by atoms with Crippen molar-refractivity contribution in [2.75, 3.05) is 44.7 Å². The number of thiazole rings is 1. The van der Waals surface area contributed by atoms with E-state index in [0.717, 1.165) is 28.9 Å². The maximum absolute atomic E-state index is 13.8. The SMILES string of the molecule is CCOc1cccc2sc(N(CCN(CC)CC)C(=O)c3ccc(S(=O)(=O)N(C)Cc4ccccc4)cc3)nc12.Cl. The second kappa shape index (κ2) is 14.7. The lowest BCUT2D eigenvalue weighted by Crippen LogP contribution is -2.38. The van der Waals surface area contributed by atoms with Gasteiger partial charge in [0, 0.05) is 32.2 Å². The molecule has 0 aliphatic rings. The van der Waals surface area contributed by atoms with E-state index in [1.165, 1.54) is 27.8 Å². The smallest absolute Gasteiger partial charge is 0.260 e. The van der Waals surface area contributed by atoms with E-state index in [1.807, 2.05) is 55.5 Å². The number of hydrogen-bond donors (Lipinski definition) is 0. The highest BCUT2D eigenvalue weighted by molar-refractivity contribution is 7.89. The monoisotopic (exact) mass is 616 g/mol. The van der Waals surface area contributed by atoms with Gasteiger partial charge in [0.15, 0.2) is 5.13 Å². The minimum atomic E-state index is -3.73.